The van der Waals surface area contributed by atoms with Crippen LogP contribution in [0.5, 0.6) is 0 Å². The molecule has 1 unspecified atom stereocenters. The van der Waals surface area contributed by atoms with Crippen molar-refractivity contribution in [2.24, 2.45) is 5.41 Å². The van der Waals surface area contributed by atoms with E-state index in [1.165, 1.54) is 64.7 Å². The first-order valence-electron chi connectivity index (χ1n) is 8.03. The molecule has 0 radical (unpaired) electrons. The lowest BCUT2D eigenvalue weighted by Crippen LogP contribution is -2.32. The highest BCUT2D eigenvalue weighted by atomic mass is 15.1. The van der Waals surface area contributed by atoms with Gasteiger partial charge in [-0.15, -0.1) is 0 Å². The van der Waals surface area contributed by atoms with E-state index in [1.807, 2.05) is 0 Å². The summed E-state index contributed by atoms with van der Waals surface area (Å²) < 4.78 is 0. The molecule has 1 atom stereocenters. The average Bonchev–Trinajstić information content (AvgIpc) is 2.51. The zero-order chi connectivity index (χ0) is 13.4. The monoisotopic (exact) mass is 254 g/mol. The van der Waals surface area contributed by atoms with Gasteiger partial charge in [0.15, 0.2) is 0 Å². The van der Waals surface area contributed by atoms with Crippen LogP contribution in [0.15, 0.2) is 0 Å². The third-order valence-corrected chi connectivity index (χ3v) is 4.55. The lowest BCUT2D eigenvalue weighted by molar-refractivity contribution is 0.291. The zero-order valence-electron chi connectivity index (χ0n) is 13.1. The normalized spacial score (nSPS) is 24.2. The van der Waals surface area contributed by atoms with Gasteiger partial charge in [-0.1, -0.05) is 34.1 Å². The SMILES string of the molecule is CCN(CC)CCCNC1CCCC(C)(C)CC1. The van der Waals surface area contributed by atoms with Gasteiger partial charge in [0, 0.05) is 6.04 Å². The molecule has 18 heavy (non-hydrogen) atoms. The lowest BCUT2D eigenvalue weighted by atomic mass is 9.85. The molecule has 1 aliphatic rings. The molecule has 0 aromatic carbocycles. The van der Waals surface area contributed by atoms with Gasteiger partial charge in [0.05, 0.1) is 0 Å². The number of rotatable bonds is 7. The van der Waals surface area contributed by atoms with E-state index in [-0.39, 0.29) is 0 Å². The predicted molar refractivity (Wildman–Crippen MR) is 81.1 cm³/mol. The Kier molecular flexibility index (Phi) is 7.25. The highest BCUT2D eigenvalue weighted by Crippen LogP contribution is 2.33. The summed E-state index contributed by atoms with van der Waals surface area (Å²) in [6.07, 6.45) is 8.25. The van der Waals surface area contributed by atoms with Crippen molar-refractivity contribution in [1.29, 1.82) is 0 Å². The van der Waals surface area contributed by atoms with Gasteiger partial charge in [0.25, 0.3) is 0 Å². The smallest absolute Gasteiger partial charge is 0.00672 e. The van der Waals surface area contributed by atoms with Gasteiger partial charge >= 0.3 is 0 Å². The van der Waals surface area contributed by atoms with E-state index >= 15 is 0 Å². The number of nitrogens with zero attached hydrogens (tertiary/aromatic N) is 1. The third kappa shape index (κ3) is 6.19. The molecule has 0 amide bonds. The van der Waals surface area contributed by atoms with E-state index in [0.717, 1.165) is 6.04 Å². The van der Waals surface area contributed by atoms with Crippen LogP contribution in [0.2, 0.25) is 0 Å². The summed E-state index contributed by atoms with van der Waals surface area (Å²) in [6, 6.07) is 0.781. The fraction of sp³-hybridized carbons (Fsp3) is 1.00. The van der Waals surface area contributed by atoms with Gasteiger partial charge in [0.2, 0.25) is 0 Å². The maximum atomic E-state index is 3.78. The van der Waals surface area contributed by atoms with Crippen LogP contribution in [0.4, 0.5) is 0 Å². The van der Waals surface area contributed by atoms with Crippen molar-refractivity contribution in [3.05, 3.63) is 0 Å². The van der Waals surface area contributed by atoms with Gasteiger partial charge in [-0.25, -0.2) is 0 Å². The van der Waals surface area contributed by atoms with E-state index in [1.54, 1.807) is 0 Å². The maximum absolute atomic E-state index is 3.78. The molecule has 0 aromatic heterocycles. The van der Waals surface area contributed by atoms with Crippen LogP contribution in [0.1, 0.15) is 66.2 Å². The molecule has 108 valence electrons. The fourth-order valence-electron chi connectivity index (χ4n) is 3.01. The minimum Gasteiger partial charge on any atom is -0.314 e. The van der Waals surface area contributed by atoms with Crippen LogP contribution in [0.3, 0.4) is 0 Å². The van der Waals surface area contributed by atoms with Crippen LogP contribution < -0.4 is 5.32 Å². The summed E-state index contributed by atoms with van der Waals surface area (Å²) in [7, 11) is 0. The van der Waals surface area contributed by atoms with E-state index < -0.39 is 0 Å². The Balaban J connectivity index is 2.12. The molecule has 2 nitrogen and oxygen atoms in total. The van der Waals surface area contributed by atoms with Gasteiger partial charge in [-0.05, 0) is 63.7 Å². The molecule has 2 heteroatoms. The molecule has 0 heterocycles. The molecule has 0 saturated heterocycles. The van der Waals surface area contributed by atoms with Crippen molar-refractivity contribution in [2.45, 2.75) is 72.3 Å². The summed E-state index contributed by atoms with van der Waals surface area (Å²) in [5.74, 6) is 0. The molecule has 1 rings (SSSR count). The summed E-state index contributed by atoms with van der Waals surface area (Å²) >= 11 is 0. The first-order chi connectivity index (χ1) is 8.57. The lowest BCUT2D eigenvalue weighted by Gasteiger charge is -2.22. The van der Waals surface area contributed by atoms with Crippen LogP contribution in [0, 0.1) is 5.41 Å². The van der Waals surface area contributed by atoms with Gasteiger partial charge in [-0.3, -0.25) is 0 Å². The topological polar surface area (TPSA) is 15.3 Å². The Morgan fingerprint density at radius 1 is 1.11 bits per heavy atom. The summed E-state index contributed by atoms with van der Waals surface area (Å²) in [5, 5.41) is 3.78. The largest absolute Gasteiger partial charge is 0.314 e. The molecule has 1 N–H and O–H groups in total. The zero-order valence-corrected chi connectivity index (χ0v) is 13.1. The summed E-state index contributed by atoms with van der Waals surface area (Å²) in [6.45, 7) is 14.2. The third-order valence-electron chi connectivity index (χ3n) is 4.55. The molecule has 0 bridgehead atoms. The van der Waals surface area contributed by atoms with E-state index in [9.17, 15) is 0 Å². The Morgan fingerprint density at radius 2 is 1.83 bits per heavy atom. The molecule has 0 spiro atoms. The number of hydrogen-bond acceptors (Lipinski definition) is 2. The molecule has 1 aliphatic carbocycles. The fourth-order valence-corrected chi connectivity index (χ4v) is 3.01. The predicted octanol–water partition coefficient (Wildman–Crippen LogP) is 3.67. The molecule has 1 saturated carbocycles. The second-order valence-electron chi connectivity index (χ2n) is 6.63. The Hall–Kier alpha value is -0.0800. The standard InChI is InChI=1S/C16H34N2/c1-5-18(6-2)14-8-13-17-15-9-7-11-16(3,4)12-10-15/h15,17H,5-14H2,1-4H3. The van der Waals surface area contributed by atoms with Gasteiger partial charge in [0.1, 0.15) is 0 Å². The van der Waals surface area contributed by atoms with E-state index in [2.05, 4.69) is 37.9 Å². The molecular formula is C16H34N2. The second kappa shape index (κ2) is 8.16. The van der Waals surface area contributed by atoms with Crippen molar-refractivity contribution < 1.29 is 0 Å². The van der Waals surface area contributed by atoms with Crippen LogP contribution >= 0.6 is 0 Å². The quantitative estimate of drug-likeness (QED) is 0.551. The highest BCUT2D eigenvalue weighted by molar-refractivity contribution is 4.79. The second-order valence-corrected chi connectivity index (χ2v) is 6.63. The minimum atomic E-state index is 0.581. The van der Waals surface area contributed by atoms with Crippen molar-refractivity contribution in [1.82, 2.24) is 10.2 Å². The summed E-state index contributed by atoms with van der Waals surface area (Å²) in [5.41, 5.74) is 0.581. The van der Waals surface area contributed by atoms with Gasteiger partial charge in [-0.2, -0.15) is 0 Å². The van der Waals surface area contributed by atoms with E-state index in [4.69, 9.17) is 0 Å². The molecule has 0 aliphatic heterocycles. The van der Waals surface area contributed by atoms with Crippen molar-refractivity contribution >= 4 is 0 Å². The van der Waals surface area contributed by atoms with Crippen LogP contribution in [-0.2, 0) is 0 Å². The van der Waals surface area contributed by atoms with Crippen molar-refractivity contribution in [2.75, 3.05) is 26.2 Å². The summed E-state index contributed by atoms with van der Waals surface area (Å²) in [4.78, 5) is 2.51. The number of nitrogens with one attached hydrogen (secondary N) is 1. The van der Waals surface area contributed by atoms with Crippen molar-refractivity contribution in [3.8, 4) is 0 Å². The first kappa shape index (κ1) is 16.0. The molecule has 1 fully saturated rings. The van der Waals surface area contributed by atoms with Crippen LogP contribution in [0.25, 0.3) is 0 Å². The van der Waals surface area contributed by atoms with E-state index in [0.29, 0.717) is 5.41 Å². The average molecular weight is 254 g/mol. The van der Waals surface area contributed by atoms with Gasteiger partial charge < -0.3 is 10.2 Å². The molecule has 0 aromatic rings. The first-order valence-corrected chi connectivity index (χ1v) is 8.03. The Labute approximate surface area is 115 Å². The Morgan fingerprint density at radius 3 is 2.50 bits per heavy atom. The highest BCUT2D eigenvalue weighted by Gasteiger charge is 2.23. The Bertz CT molecular complexity index is 209. The van der Waals surface area contributed by atoms with Crippen LogP contribution in [-0.4, -0.2) is 37.1 Å². The van der Waals surface area contributed by atoms with Crippen molar-refractivity contribution in [3.63, 3.8) is 0 Å². The molecular weight excluding hydrogens is 220 g/mol. The number of hydrogen-bond donors (Lipinski definition) is 1. The maximum Gasteiger partial charge on any atom is 0.00672 e. The minimum absolute atomic E-state index is 0.581.